The molecular weight excluding hydrogens is 170 g/mol. The maximum Gasteiger partial charge on any atom is 0.0521 e. The van der Waals surface area contributed by atoms with Crippen LogP contribution in [0.3, 0.4) is 0 Å². The van der Waals surface area contributed by atoms with Gasteiger partial charge in [0.2, 0.25) is 0 Å². The normalized spacial score (nSPS) is 8.50. The van der Waals surface area contributed by atoms with Crippen molar-refractivity contribution in [1.29, 1.82) is 0 Å². The Bertz CT molecular complexity index is 358. The molecule has 1 aromatic heterocycles. The summed E-state index contributed by atoms with van der Waals surface area (Å²) >= 11 is 5.89. The highest BCUT2D eigenvalue weighted by Crippen LogP contribution is 2.20. The molecule has 2 heteroatoms. The van der Waals surface area contributed by atoms with Crippen molar-refractivity contribution < 1.29 is 0 Å². The van der Waals surface area contributed by atoms with E-state index >= 15 is 0 Å². The van der Waals surface area contributed by atoms with Gasteiger partial charge in [-0.15, -0.1) is 5.92 Å². The van der Waals surface area contributed by atoms with Crippen LogP contribution in [0, 0.1) is 11.8 Å². The van der Waals surface area contributed by atoms with E-state index in [4.69, 9.17) is 11.6 Å². The van der Waals surface area contributed by atoms with Crippen LogP contribution < -0.4 is 0 Å². The molecular formula is C10H8ClN. The molecule has 0 aliphatic rings. The topological polar surface area (TPSA) is 12.9 Å². The number of pyridine rings is 1. The van der Waals surface area contributed by atoms with Crippen molar-refractivity contribution >= 4 is 17.2 Å². The predicted molar refractivity (Wildman–Crippen MR) is 51.7 cm³/mol. The van der Waals surface area contributed by atoms with E-state index in [0.717, 1.165) is 5.56 Å². The fourth-order valence-electron chi connectivity index (χ4n) is 0.818. The Morgan fingerprint density at radius 3 is 3.00 bits per heavy atom. The number of aromatic nitrogens is 1. The van der Waals surface area contributed by atoms with E-state index in [1.54, 1.807) is 25.4 Å². The molecule has 1 heterocycles. The van der Waals surface area contributed by atoms with Gasteiger partial charge in [-0.05, 0) is 13.0 Å². The van der Waals surface area contributed by atoms with Crippen molar-refractivity contribution in [1.82, 2.24) is 4.98 Å². The highest BCUT2D eigenvalue weighted by Gasteiger charge is 2.00. The van der Waals surface area contributed by atoms with E-state index in [1.165, 1.54) is 0 Å². The van der Waals surface area contributed by atoms with Gasteiger partial charge in [-0.3, -0.25) is 4.98 Å². The Labute approximate surface area is 77.1 Å². The average molecular weight is 178 g/mol. The molecule has 0 amide bonds. The Kier molecular flexibility index (Phi) is 2.90. The van der Waals surface area contributed by atoms with E-state index in [0.29, 0.717) is 10.6 Å². The predicted octanol–water partition coefficient (Wildman–Crippen LogP) is 2.77. The van der Waals surface area contributed by atoms with Crippen molar-refractivity contribution in [3.05, 3.63) is 35.6 Å². The van der Waals surface area contributed by atoms with Crippen LogP contribution in [0.4, 0.5) is 0 Å². The minimum atomic E-state index is 0.637. The van der Waals surface area contributed by atoms with Gasteiger partial charge in [0.25, 0.3) is 0 Å². The van der Waals surface area contributed by atoms with Gasteiger partial charge < -0.3 is 0 Å². The molecule has 12 heavy (non-hydrogen) atoms. The highest BCUT2D eigenvalue weighted by molar-refractivity contribution is 6.32. The van der Waals surface area contributed by atoms with E-state index in [2.05, 4.69) is 23.4 Å². The molecule has 1 nitrogen and oxygen atoms in total. The summed E-state index contributed by atoms with van der Waals surface area (Å²) in [6, 6.07) is 1.72. The molecule has 0 saturated carbocycles. The molecule has 0 N–H and O–H groups in total. The second kappa shape index (κ2) is 3.94. The van der Waals surface area contributed by atoms with Gasteiger partial charge >= 0.3 is 0 Å². The number of allylic oxidation sites excluding steroid dienone is 1. The van der Waals surface area contributed by atoms with Crippen molar-refractivity contribution in [3.8, 4) is 11.8 Å². The third kappa shape index (κ3) is 1.87. The molecule has 0 saturated heterocycles. The smallest absolute Gasteiger partial charge is 0.0521 e. The summed E-state index contributed by atoms with van der Waals surface area (Å²) < 4.78 is 0. The van der Waals surface area contributed by atoms with Crippen LogP contribution in [0.25, 0.3) is 5.57 Å². The fourth-order valence-corrected chi connectivity index (χ4v) is 1.04. The summed E-state index contributed by atoms with van der Waals surface area (Å²) in [4.78, 5) is 3.94. The van der Waals surface area contributed by atoms with Gasteiger partial charge in [-0.1, -0.05) is 24.1 Å². The van der Waals surface area contributed by atoms with Gasteiger partial charge in [0.15, 0.2) is 0 Å². The monoisotopic (exact) mass is 177 g/mol. The third-order valence-electron chi connectivity index (χ3n) is 1.37. The summed E-state index contributed by atoms with van der Waals surface area (Å²) in [6.45, 7) is 5.54. The summed E-state index contributed by atoms with van der Waals surface area (Å²) in [7, 11) is 0. The largest absolute Gasteiger partial charge is 0.264 e. The van der Waals surface area contributed by atoms with Gasteiger partial charge in [0.05, 0.1) is 5.02 Å². The molecule has 0 bridgehead atoms. The first kappa shape index (κ1) is 8.83. The third-order valence-corrected chi connectivity index (χ3v) is 1.70. The summed E-state index contributed by atoms with van der Waals surface area (Å²) in [5.41, 5.74) is 1.50. The molecule has 0 unspecified atom stereocenters. The zero-order valence-electron chi connectivity index (χ0n) is 6.76. The van der Waals surface area contributed by atoms with Gasteiger partial charge in [-0.25, -0.2) is 0 Å². The van der Waals surface area contributed by atoms with Crippen molar-refractivity contribution in [3.63, 3.8) is 0 Å². The zero-order valence-corrected chi connectivity index (χ0v) is 7.52. The lowest BCUT2D eigenvalue weighted by Gasteiger charge is -1.98. The van der Waals surface area contributed by atoms with E-state index in [1.807, 2.05) is 0 Å². The first-order valence-corrected chi connectivity index (χ1v) is 3.85. The Balaban J connectivity index is 3.08. The van der Waals surface area contributed by atoms with Crippen LogP contribution in [0.2, 0.25) is 5.02 Å². The summed E-state index contributed by atoms with van der Waals surface area (Å²) in [6.07, 6.45) is 3.30. The van der Waals surface area contributed by atoms with E-state index in [-0.39, 0.29) is 0 Å². The second-order valence-electron chi connectivity index (χ2n) is 2.21. The maximum atomic E-state index is 5.89. The lowest BCUT2D eigenvalue weighted by atomic mass is 10.1. The van der Waals surface area contributed by atoms with Crippen LogP contribution in [0.1, 0.15) is 12.5 Å². The van der Waals surface area contributed by atoms with Crippen molar-refractivity contribution in [2.75, 3.05) is 0 Å². The van der Waals surface area contributed by atoms with Crippen LogP contribution in [-0.2, 0) is 0 Å². The molecule has 60 valence electrons. The molecule has 1 rings (SSSR count). The summed E-state index contributed by atoms with van der Waals surface area (Å²) in [5, 5.41) is 0.637. The molecule has 0 fully saturated rings. The molecule has 0 aliphatic carbocycles. The fraction of sp³-hybridized carbons (Fsp3) is 0.100. The van der Waals surface area contributed by atoms with E-state index in [9.17, 15) is 0 Å². The Hall–Kier alpha value is -1.26. The Morgan fingerprint density at radius 2 is 2.42 bits per heavy atom. The number of hydrogen-bond acceptors (Lipinski definition) is 1. The molecule has 1 aromatic rings. The second-order valence-corrected chi connectivity index (χ2v) is 2.62. The SMILES string of the molecule is C=C(C#CC)c1cnccc1Cl. The van der Waals surface area contributed by atoms with Crippen molar-refractivity contribution in [2.24, 2.45) is 0 Å². The molecule has 0 aromatic carbocycles. The van der Waals surface area contributed by atoms with Gasteiger partial charge in [-0.2, -0.15) is 0 Å². The van der Waals surface area contributed by atoms with Crippen molar-refractivity contribution in [2.45, 2.75) is 6.92 Å². The summed E-state index contributed by atoms with van der Waals surface area (Å²) in [5.74, 6) is 5.59. The first-order chi connectivity index (χ1) is 5.75. The number of nitrogens with zero attached hydrogens (tertiary/aromatic N) is 1. The first-order valence-electron chi connectivity index (χ1n) is 3.47. The van der Waals surface area contributed by atoms with Crippen LogP contribution >= 0.6 is 11.6 Å². The molecule has 0 atom stereocenters. The minimum absolute atomic E-state index is 0.637. The van der Waals surface area contributed by atoms with E-state index < -0.39 is 0 Å². The maximum absolute atomic E-state index is 5.89. The lowest BCUT2D eigenvalue weighted by molar-refractivity contribution is 1.31. The highest BCUT2D eigenvalue weighted by atomic mass is 35.5. The minimum Gasteiger partial charge on any atom is -0.264 e. The zero-order chi connectivity index (χ0) is 8.97. The van der Waals surface area contributed by atoms with Crippen LogP contribution in [0.5, 0.6) is 0 Å². The van der Waals surface area contributed by atoms with Crippen LogP contribution in [-0.4, -0.2) is 4.98 Å². The molecule has 0 aliphatic heterocycles. The molecule has 0 radical (unpaired) electrons. The number of rotatable bonds is 1. The van der Waals surface area contributed by atoms with Gasteiger partial charge in [0, 0.05) is 23.5 Å². The number of halogens is 1. The van der Waals surface area contributed by atoms with Crippen LogP contribution in [0.15, 0.2) is 25.0 Å². The number of hydrogen-bond donors (Lipinski definition) is 0. The standard InChI is InChI=1S/C10H8ClN/c1-3-4-8(2)9-7-12-6-5-10(9)11/h5-7H,2H2,1H3. The lowest BCUT2D eigenvalue weighted by Crippen LogP contribution is -1.82. The quantitative estimate of drug-likeness (QED) is 0.602. The average Bonchev–Trinajstić information content (AvgIpc) is 2.05. The van der Waals surface area contributed by atoms with Gasteiger partial charge in [0.1, 0.15) is 0 Å². The molecule has 0 spiro atoms. The Morgan fingerprint density at radius 1 is 1.67 bits per heavy atom.